The molecule has 2 aromatic carbocycles. The van der Waals surface area contributed by atoms with Gasteiger partial charge in [-0.05, 0) is 36.8 Å². The van der Waals surface area contributed by atoms with Crippen LogP contribution in [-0.2, 0) is 14.8 Å². The maximum Gasteiger partial charge on any atom is 0.240 e. The van der Waals surface area contributed by atoms with Crippen molar-refractivity contribution in [2.45, 2.75) is 17.9 Å². The quantitative estimate of drug-likeness (QED) is 0.878. The summed E-state index contributed by atoms with van der Waals surface area (Å²) in [6, 6.07) is 13.8. The standard InChI is InChI=1S/C16H18ClNO3S/c1-12-3-9-15(10-4-12)22(19,20)18-11-16(21-2)13-5-7-14(17)8-6-13/h3-10,16,18H,11H2,1-2H3. The molecule has 0 saturated heterocycles. The third kappa shape index (κ3) is 4.30. The third-order valence-electron chi connectivity index (χ3n) is 3.32. The van der Waals surface area contributed by atoms with Gasteiger partial charge in [0.05, 0.1) is 11.0 Å². The van der Waals surface area contributed by atoms with Crippen LogP contribution in [0, 0.1) is 6.92 Å². The maximum atomic E-state index is 12.3. The monoisotopic (exact) mass is 339 g/mol. The van der Waals surface area contributed by atoms with Crippen LogP contribution in [-0.4, -0.2) is 22.1 Å². The summed E-state index contributed by atoms with van der Waals surface area (Å²) < 4.78 is 32.5. The van der Waals surface area contributed by atoms with E-state index in [2.05, 4.69) is 4.72 Å². The van der Waals surface area contributed by atoms with Crippen LogP contribution >= 0.6 is 11.6 Å². The summed E-state index contributed by atoms with van der Waals surface area (Å²) in [5.74, 6) is 0. The van der Waals surface area contributed by atoms with E-state index in [4.69, 9.17) is 16.3 Å². The first-order valence-corrected chi connectivity index (χ1v) is 8.63. The molecule has 2 rings (SSSR count). The Balaban J connectivity index is 2.09. The Labute approximate surface area is 136 Å². The summed E-state index contributed by atoms with van der Waals surface area (Å²) in [6.07, 6.45) is -0.377. The van der Waals surface area contributed by atoms with Crippen LogP contribution in [0.3, 0.4) is 0 Å². The molecule has 0 radical (unpaired) electrons. The normalized spacial score (nSPS) is 13.0. The molecule has 118 valence electrons. The Morgan fingerprint density at radius 1 is 1.09 bits per heavy atom. The van der Waals surface area contributed by atoms with Crippen molar-refractivity contribution < 1.29 is 13.2 Å². The lowest BCUT2D eigenvalue weighted by Crippen LogP contribution is -2.29. The van der Waals surface area contributed by atoms with Crippen molar-refractivity contribution in [3.05, 3.63) is 64.7 Å². The fraction of sp³-hybridized carbons (Fsp3) is 0.250. The Kier molecular flexibility index (Phi) is 5.58. The van der Waals surface area contributed by atoms with Crippen LogP contribution in [0.25, 0.3) is 0 Å². The molecule has 2 aromatic rings. The first-order valence-electron chi connectivity index (χ1n) is 6.77. The number of ether oxygens (including phenoxy) is 1. The van der Waals surface area contributed by atoms with Gasteiger partial charge in [-0.2, -0.15) is 0 Å². The van der Waals surface area contributed by atoms with Crippen LogP contribution in [0.15, 0.2) is 53.4 Å². The van der Waals surface area contributed by atoms with Crippen LogP contribution in [0.4, 0.5) is 0 Å². The molecule has 0 fully saturated rings. The number of halogens is 1. The summed E-state index contributed by atoms with van der Waals surface area (Å²) in [6.45, 7) is 2.06. The Morgan fingerprint density at radius 2 is 1.68 bits per heavy atom. The van der Waals surface area contributed by atoms with E-state index in [0.29, 0.717) is 5.02 Å². The molecule has 22 heavy (non-hydrogen) atoms. The van der Waals surface area contributed by atoms with Crippen LogP contribution in [0.1, 0.15) is 17.2 Å². The Bertz CT molecular complexity index is 712. The minimum atomic E-state index is -3.55. The van der Waals surface area contributed by atoms with E-state index in [1.54, 1.807) is 43.5 Å². The number of methoxy groups -OCH3 is 1. The molecule has 0 heterocycles. The highest BCUT2D eigenvalue weighted by molar-refractivity contribution is 7.89. The average Bonchev–Trinajstić information content (AvgIpc) is 2.50. The van der Waals surface area contributed by atoms with Gasteiger partial charge in [0.2, 0.25) is 10.0 Å². The zero-order chi connectivity index (χ0) is 16.2. The zero-order valence-electron chi connectivity index (χ0n) is 12.4. The van der Waals surface area contributed by atoms with E-state index >= 15 is 0 Å². The lowest BCUT2D eigenvalue weighted by atomic mass is 10.1. The van der Waals surface area contributed by atoms with Crippen molar-refractivity contribution in [1.82, 2.24) is 4.72 Å². The Morgan fingerprint density at radius 3 is 2.23 bits per heavy atom. The van der Waals surface area contributed by atoms with Crippen molar-refractivity contribution in [3.63, 3.8) is 0 Å². The van der Waals surface area contributed by atoms with Crippen molar-refractivity contribution in [1.29, 1.82) is 0 Å². The first kappa shape index (κ1) is 17.0. The summed E-state index contributed by atoms with van der Waals surface area (Å²) in [5, 5.41) is 0.624. The molecular formula is C16H18ClNO3S. The number of rotatable bonds is 6. The molecule has 1 unspecified atom stereocenters. The molecule has 0 aliphatic carbocycles. The van der Waals surface area contributed by atoms with E-state index in [0.717, 1.165) is 11.1 Å². The van der Waals surface area contributed by atoms with Gasteiger partial charge in [0.25, 0.3) is 0 Å². The topological polar surface area (TPSA) is 55.4 Å². The van der Waals surface area contributed by atoms with Gasteiger partial charge in [-0.3, -0.25) is 0 Å². The van der Waals surface area contributed by atoms with Crippen molar-refractivity contribution in [2.24, 2.45) is 0 Å². The third-order valence-corrected chi connectivity index (χ3v) is 5.01. The lowest BCUT2D eigenvalue weighted by Gasteiger charge is -2.17. The van der Waals surface area contributed by atoms with E-state index in [9.17, 15) is 8.42 Å². The van der Waals surface area contributed by atoms with Crippen molar-refractivity contribution in [3.8, 4) is 0 Å². The van der Waals surface area contributed by atoms with Gasteiger partial charge < -0.3 is 4.74 Å². The summed E-state index contributed by atoms with van der Waals surface area (Å²) in [5.41, 5.74) is 1.87. The number of aryl methyl sites for hydroxylation is 1. The highest BCUT2D eigenvalue weighted by Crippen LogP contribution is 2.19. The summed E-state index contributed by atoms with van der Waals surface area (Å²) in [7, 11) is -2.01. The molecule has 1 N–H and O–H groups in total. The van der Waals surface area contributed by atoms with E-state index in [1.165, 1.54) is 0 Å². The zero-order valence-corrected chi connectivity index (χ0v) is 14.0. The number of nitrogens with one attached hydrogen (secondary N) is 1. The molecule has 0 aliphatic heterocycles. The minimum absolute atomic E-state index is 0.147. The molecule has 6 heteroatoms. The van der Waals surface area contributed by atoms with Crippen molar-refractivity contribution in [2.75, 3.05) is 13.7 Å². The van der Waals surface area contributed by atoms with Gasteiger partial charge in [-0.15, -0.1) is 0 Å². The van der Waals surface area contributed by atoms with Gasteiger partial charge in [0.1, 0.15) is 0 Å². The van der Waals surface area contributed by atoms with E-state index < -0.39 is 10.0 Å². The van der Waals surface area contributed by atoms with Gasteiger partial charge in [-0.1, -0.05) is 41.4 Å². The van der Waals surface area contributed by atoms with Gasteiger partial charge in [-0.25, -0.2) is 13.1 Å². The van der Waals surface area contributed by atoms with E-state index in [1.807, 2.05) is 19.1 Å². The predicted octanol–water partition coefficient (Wildman–Crippen LogP) is 3.31. The van der Waals surface area contributed by atoms with Gasteiger partial charge in [0.15, 0.2) is 0 Å². The van der Waals surface area contributed by atoms with Crippen LogP contribution in [0.5, 0.6) is 0 Å². The highest BCUT2D eigenvalue weighted by Gasteiger charge is 2.17. The largest absolute Gasteiger partial charge is 0.375 e. The SMILES string of the molecule is COC(CNS(=O)(=O)c1ccc(C)cc1)c1ccc(Cl)cc1. The minimum Gasteiger partial charge on any atom is -0.375 e. The molecule has 0 aliphatic rings. The second-order valence-electron chi connectivity index (χ2n) is 4.94. The summed E-state index contributed by atoms with van der Waals surface area (Å²) >= 11 is 5.85. The van der Waals surface area contributed by atoms with Crippen LogP contribution in [0.2, 0.25) is 5.02 Å². The first-order chi connectivity index (χ1) is 10.4. The summed E-state index contributed by atoms with van der Waals surface area (Å²) in [4.78, 5) is 0.240. The second-order valence-corrected chi connectivity index (χ2v) is 7.14. The molecule has 0 aromatic heterocycles. The van der Waals surface area contributed by atoms with Gasteiger partial charge >= 0.3 is 0 Å². The molecule has 0 spiro atoms. The lowest BCUT2D eigenvalue weighted by molar-refractivity contribution is 0.107. The molecule has 0 amide bonds. The Hall–Kier alpha value is -1.40. The number of hydrogen-bond donors (Lipinski definition) is 1. The fourth-order valence-corrected chi connectivity index (χ4v) is 3.16. The molecule has 1 atom stereocenters. The second kappa shape index (κ2) is 7.24. The van der Waals surface area contributed by atoms with Crippen LogP contribution < -0.4 is 4.72 Å². The molecule has 0 bridgehead atoms. The highest BCUT2D eigenvalue weighted by atomic mass is 35.5. The van der Waals surface area contributed by atoms with Gasteiger partial charge in [0, 0.05) is 18.7 Å². The fourth-order valence-electron chi connectivity index (χ4n) is 2.00. The maximum absolute atomic E-state index is 12.3. The molecule has 4 nitrogen and oxygen atoms in total. The predicted molar refractivity (Wildman–Crippen MR) is 87.6 cm³/mol. The number of sulfonamides is 1. The molecule has 0 saturated carbocycles. The molecular weight excluding hydrogens is 322 g/mol. The number of hydrogen-bond acceptors (Lipinski definition) is 3. The smallest absolute Gasteiger partial charge is 0.240 e. The number of benzene rings is 2. The van der Waals surface area contributed by atoms with Crippen molar-refractivity contribution >= 4 is 21.6 Å². The average molecular weight is 340 g/mol. The van der Waals surface area contributed by atoms with E-state index in [-0.39, 0.29) is 17.5 Å².